The number of para-hydroxylation sites is 1. The minimum absolute atomic E-state index is 0.0563. The van der Waals surface area contributed by atoms with Crippen LogP contribution in [0.3, 0.4) is 0 Å². The molecule has 1 heterocycles. The zero-order valence-electron chi connectivity index (χ0n) is 13.0. The first-order valence-electron chi connectivity index (χ1n) is 7.60. The highest BCUT2D eigenvalue weighted by Gasteiger charge is 2.30. The minimum atomic E-state index is -3.37. The predicted octanol–water partition coefficient (Wildman–Crippen LogP) is 3.52. The van der Waals surface area contributed by atoms with Crippen molar-refractivity contribution >= 4 is 15.7 Å². The number of hydrogen-bond donors (Lipinski definition) is 0. The average Bonchev–Trinajstić information content (AvgIpc) is 2.48. The first-order chi connectivity index (χ1) is 10.5. The van der Waals surface area contributed by atoms with E-state index in [2.05, 4.69) is 6.92 Å². The molecule has 3 nitrogen and oxygen atoms in total. The maximum Gasteiger partial charge on any atom is 0.239 e. The van der Waals surface area contributed by atoms with E-state index in [-0.39, 0.29) is 5.75 Å². The van der Waals surface area contributed by atoms with Crippen LogP contribution in [0.15, 0.2) is 48.5 Å². The first-order valence-corrected chi connectivity index (χ1v) is 9.21. The largest absolute Gasteiger partial charge is 0.269 e. The smallest absolute Gasteiger partial charge is 0.239 e. The molecule has 0 spiro atoms. The molecule has 0 saturated carbocycles. The van der Waals surface area contributed by atoms with E-state index in [1.807, 2.05) is 55.5 Å². The van der Waals surface area contributed by atoms with E-state index < -0.39 is 10.0 Å². The van der Waals surface area contributed by atoms with Gasteiger partial charge in [-0.1, -0.05) is 49.4 Å². The average molecular weight is 315 g/mol. The molecule has 0 radical (unpaired) electrons. The lowest BCUT2D eigenvalue weighted by Gasteiger charge is -2.34. The number of rotatable bonds is 3. The van der Waals surface area contributed by atoms with Crippen LogP contribution in [0.5, 0.6) is 0 Å². The standard InChI is InChI=1S/C18H21NO2S/c1-14-11-16-8-5-6-10-18(16)19(12-14)22(20,21)13-17-9-4-3-7-15(17)2/h3-10,14H,11-13H2,1-2H3. The number of aryl methyl sites for hydroxylation is 1. The van der Waals surface area contributed by atoms with Gasteiger partial charge >= 0.3 is 0 Å². The molecule has 22 heavy (non-hydrogen) atoms. The maximum atomic E-state index is 12.9. The van der Waals surface area contributed by atoms with E-state index in [0.717, 1.165) is 28.8 Å². The maximum absolute atomic E-state index is 12.9. The summed E-state index contributed by atoms with van der Waals surface area (Å²) in [5, 5.41) is 0. The highest BCUT2D eigenvalue weighted by Crippen LogP contribution is 2.32. The number of benzene rings is 2. The Bertz CT molecular complexity index is 783. The summed E-state index contributed by atoms with van der Waals surface area (Å²) >= 11 is 0. The monoisotopic (exact) mass is 315 g/mol. The molecule has 2 aromatic rings. The van der Waals surface area contributed by atoms with Gasteiger partial charge in [0, 0.05) is 6.54 Å². The Morgan fingerprint density at radius 3 is 2.55 bits per heavy atom. The molecule has 0 fully saturated rings. The molecule has 2 aromatic carbocycles. The first kappa shape index (κ1) is 15.1. The summed E-state index contributed by atoms with van der Waals surface area (Å²) in [5.41, 5.74) is 3.85. The van der Waals surface area contributed by atoms with Crippen LogP contribution in [-0.4, -0.2) is 15.0 Å². The third kappa shape index (κ3) is 2.88. The summed E-state index contributed by atoms with van der Waals surface area (Å²) in [6.45, 7) is 4.62. The van der Waals surface area contributed by atoms with Crippen LogP contribution < -0.4 is 4.31 Å². The van der Waals surface area contributed by atoms with Gasteiger partial charge in [0.2, 0.25) is 10.0 Å². The molecule has 0 bridgehead atoms. The highest BCUT2D eigenvalue weighted by molar-refractivity contribution is 7.92. The highest BCUT2D eigenvalue weighted by atomic mass is 32.2. The summed E-state index contributed by atoms with van der Waals surface area (Å²) in [6, 6.07) is 15.5. The number of sulfonamides is 1. The van der Waals surface area contributed by atoms with E-state index >= 15 is 0 Å². The van der Waals surface area contributed by atoms with E-state index in [4.69, 9.17) is 0 Å². The SMILES string of the molecule is Cc1ccccc1CS(=O)(=O)N1CC(C)Cc2ccccc21. The summed E-state index contributed by atoms with van der Waals surface area (Å²) in [6.07, 6.45) is 0.937. The second kappa shape index (κ2) is 5.76. The molecular weight excluding hydrogens is 294 g/mol. The molecule has 0 aromatic heterocycles. The lowest BCUT2D eigenvalue weighted by atomic mass is 9.96. The third-order valence-corrected chi connectivity index (χ3v) is 5.93. The molecule has 0 N–H and O–H groups in total. The molecule has 1 unspecified atom stereocenters. The molecule has 0 aliphatic carbocycles. The van der Waals surface area contributed by atoms with Crippen molar-refractivity contribution in [1.82, 2.24) is 0 Å². The second-order valence-electron chi connectivity index (χ2n) is 6.15. The Morgan fingerprint density at radius 1 is 1.09 bits per heavy atom. The molecule has 1 aliphatic rings. The molecule has 4 heteroatoms. The van der Waals surface area contributed by atoms with Crippen molar-refractivity contribution in [2.75, 3.05) is 10.8 Å². The van der Waals surface area contributed by atoms with Gasteiger partial charge in [-0.2, -0.15) is 0 Å². The Morgan fingerprint density at radius 2 is 1.77 bits per heavy atom. The number of anilines is 1. The fourth-order valence-electron chi connectivity index (χ4n) is 3.06. The zero-order chi connectivity index (χ0) is 15.7. The van der Waals surface area contributed by atoms with Crippen LogP contribution in [0.2, 0.25) is 0 Å². The topological polar surface area (TPSA) is 37.4 Å². The number of fused-ring (bicyclic) bond motifs is 1. The Labute approximate surface area is 132 Å². The fourth-order valence-corrected chi connectivity index (χ4v) is 4.89. The van der Waals surface area contributed by atoms with E-state index in [0.29, 0.717) is 12.5 Å². The van der Waals surface area contributed by atoms with Gasteiger partial charge in [0.15, 0.2) is 0 Å². The summed E-state index contributed by atoms with van der Waals surface area (Å²) in [7, 11) is -3.37. The zero-order valence-corrected chi connectivity index (χ0v) is 13.8. The summed E-state index contributed by atoms with van der Waals surface area (Å²) < 4.78 is 27.5. The Kier molecular flexibility index (Phi) is 3.96. The molecule has 3 rings (SSSR count). The number of hydrogen-bond acceptors (Lipinski definition) is 2. The molecule has 1 atom stereocenters. The van der Waals surface area contributed by atoms with Crippen molar-refractivity contribution in [2.45, 2.75) is 26.0 Å². The van der Waals surface area contributed by atoms with Crippen LogP contribution in [0.25, 0.3) is 0 Å². The fraction of sp³-hybridized carbons (Fsp3) is 0.333. The van der Waals surface area contributed by atoms with E-state index in [1.54, 1.807) is 4.31 Å². The van der Waals surface area contributed by atoms with Crippen LogP contribution in [0.4, 0.5) is 5.69 Å². The second-order valence-corrected chi connectivity index (χ2v) is 8.05. The van der Waals surface area contributed by atoms with Crippen LogP contribution in [-0.2, 0) is 22.2 Å². The Hall–Kier alpha value is -1.81. The van der Waals surface area contributed by atoms with Gasteiger partial charge in [-0.05, 0) is 42.0 Å². The van der Waals surface area contributed by atoms with Gasteiger partial charge in [0.1, 0.15) is 0 Å². The van der Waals surface area contributed by atoms with E-state index in [1.165, 1.54) is 0 Å². The van der Waals surface area contributed by atoms with Crippen molar-refractivity contribution in [3.8, 4) is 0 Å². The van der Waals surface area contributed by atoms with E-state index in [9.17, 15) is 8.42 Å². The van der Waals surface area contributed by atoms with Gasteiger partial charge in [-0.15, -0.1) is 0 Å². The van der Waals surface area contributed by atoms with Crippen molar-refractivity contribution in [1.29, 1.82) is 0 Å². The van der Waals surface area contributed by atoms with Gasteiger partial charge in [0.05, 0.1) is 11.4 Å². The van der Waals surface area contributed by atoms with Crippen molar-refractivity contribution in [3.63, 3.8) is 0 Å². The van der Waals surface area contributed by atoms with Crippen LogP contribution in [0.1, 0.15) is 23.6 Å². The minimum Gasteiger partial charge on any atom is -0.269 e. The van der Waals surface area contributed by atoms with Crippen LogP contribution in [0, 0.1) is 12.8 Å². The molecule has 116 valence electrons. The van der Waals surface area contributed by atoms with Crippen molar-refractivity contribution < 1.29 is 8.42 Å². The molecule has 1 aliphatic heterocycles. The molecule has 0 amide bonds. The van der Waals surface area contributed by atoms with Crippen LogP contribution >= 0.6 is 0 Å². The van der Waals surface area contributed by atoms with Gasteiger partial charge in [-0.25, -0.2) is 8.42 Å². The van der Waals surface area contributed by atoms with Gasteiger partial charge < -0.3 is 0 Å². The quantitative estimate of drug-likeness (QED) is 0.869. The third-order valence-electron chi connectivity index (χ3n) is 4.24. The Balaban J connectivity index is 1.98. The molecule has 0 saturated heterocycles. The summed E-state index contributed by atoms with van der Waals surface area (Å²) in [4.78, 5) is 0. The lowest BCUT2D eigenvalue weighted by molar-refractivity contribution is 0.544. The van der Waals surface area contributed by atoms with Crippen molar-refractivity contribution in [3.05, 3.63) is 65.2 Å². The predicted molar refractivity (Wildman–Crippen MR) is 90.5 cm³/mol. The number of nitrogens with zero attached hydrogens (tertiary/aromatic N) is 1. The normalized spacial score (nSPS) is 18.1. The van der Waals surface area contributed by atoms with Gasteiger partial charge in [-0.3, -0.25) is 4.31 Å². The lowest BCUT2D eigenvalue weighted by Crippen LogP contribution is -2.39. The summed E-state index contributed by atoms with van der Waals surface area (Å²) in [5.74, 6) is 0.391. The van der Waals surface area contributed by atoms with Gasteiger partial charge in [0.25, 0.3) is 0 Å². The molecular formula is C18H21NO2S. The van der Waals surface area contributed by atoms with Crippen molar-refractivity contribution in [2.24, 2.45) is 5.92 Å².